The molecule has 0 atom stereocenters. The van der Waals surface area contributed by atoms with Crippen LogP contribution in [0.2, 0.25) is 5.02 Å². The Morgan fingerprint density at radius 3 is 2.64 bits per heavy atom. The molecule has 0 bridgehead atoms. The lowest BCUT2D eigenvalue weighted by Crippen LogP contribution is -2.31. The van der Waals surface area contributed by atoms with E-state index in [1.807, 2.05) is 50.2 Å². The molecule has 144 valence electrons. The summed E-state index contributed by atoms with van der Waals surface area (Å²) in [5.41, 5.74) is 3.85. The number of esters is 1. The summed E-state index contributed by atoms with van der Waals surface area (Å²) in [5.74, 6) is 0.300. The molecule has 1 aliphatic heterocycles. The first-order valence-corrected chi connectivity index (χ1v) is 10.3. The summed E-state index contributed by atoms with van der Waals surface area (Å²) in [4.78, 5) is 12.4. The van der Waals surface area contributed by atoms with Gasteiger partial charge in [-0.2, -0.15) is 5.10 Å². The van der Waals surface area contributed by atoms with E-state index < -0.39 is 11.6 Å². The van der Waals surface area contributed by atoms with Crippen molar-refractivity contribution < 1.29 is 14.3 Å². The van der Waals surface area contributed by atoms with Gasteiger partial charge in [-0.05, 0) is 73.2 Å². The van der Waals surface area contributed by atoms with Gasteiger partial charge in [-0.25, -0.2) is 4.79 Å². The SMILES string of the molecule is CCOC(=O)c1n[nH]c2c1C(C)(C)Oc1c-2ccc(I)c1-c1ccc(Cl)cc1. The lowest BCUT2D eigenvalue weighted by atomic mass is 9.87. The predicted octanol–water partition coefficient (Wildman–Crippen LogP) is 5.81. The van der Waals surface area contributed by atoms with E-state index in [0.717, 1.165) is 31.7 Å². The molecule has 3 aromatic rings. The van der Waals surface area contributed by atoms with Gasteiger partial charge in [-0.1, -0.05) is 23.7 Å². The van der Waals surface area contributed by atoms with Gasteiger partial charge in [-0.15, -0.1) is 0 Å². The molecule has 0 aliphatic carbocycles. The third-order valence-electron chi connectivity index (χ3n) is 4.70. The smallest absolute Gasteiger partial charge is 0.359 e. The normalized spacial score (nSPS) is 14.0. The van der Waals surface area contributed by atoms with E-state index in [1.54, 1.807) is 6.92 Å². The highest BCUT2D eigenvalue weighted by atomic mass is 127. The molecule has 0 spiro atoms. The second kappa shape index (κ2) is 7.08. The highest BCUT2D eigenvalue weighted by Gasteiger charge is 2.41. The number of hydrogen-bond donors (Lipinski definition) is 1. The van der Waals surface area contributed by atoms with Gasteiger partial charge < -0.3 is 9.47 Å². The van der Waals surface area contributed by atoms with E-state index in [-0.39, 0.29) is 12.3 Å². The van der Waals surface area contributed by atoms with Crippen molar-refractivity contribution >= 4 is 40.2 Å². The molecule has 5 nitrogen and oxygen atoms in total. The van der Waals surface area contributed by atoms with Gasteiger partial charge in [0.05, 0.1) is 17.9 Å². The van der Waals surface area contributed by atoms with E-state index in [9.17, 15) is 4.79 Å². The Kier molecular flexibility index (Phi) is 4.87. The number of ether oxygens (including phenoxy) is 2. The monoisotopic (exact) mass is 508 g/mol. The summed E-state index contributed by atoms with van der Waals surface area (Å²) in [6, 6.07) is 11.7. The zero-order valence-electron chi connectivity index (χ0n) is 15.6. The number of aromatic nitrogens is 2. The average Bonchev–Trinajstić information content (AvgIpc) is 3.09. The van der Waals surface area contributed by atoms with Gasteiger partial charge in [-0.3, -0.25) is 5.10 Å². The van der Waals surface area contributed by atoms with Crippen LogP contribution >= 0.6 is 34.2 Å². The van der Waals surface area contributed by atoms with Crippen molar-refractivity contribution in [2.24, 2.45) is 0 Å². The maximum Gasteiger partial charge on any atom is 0.359 e. The highest BCUT2D eigenvalue weighted by Crippen LogP contribution is 2.50. The van der Waals surface area contributed by atoms with Crippen LogP contribution in [0.4, 0.5) is 0 Å². The molecule has 2 heterocycles. The zero-order chi connectivity index (χ0) is 20.1. The molecule has 28 heavy (non-hydrogen) atoms. The van der Waals surface area contributed by atoms with Gasteiger partial charge in [0.15, 0.2) is 5.69 Å². The molecule has 0 saturated carbocycles. The first-order chi connectivity index (χ1) is 13.3. The van der Waals surface area contributed by atoms with Gasteiger partial charge in [0.25, 0.3) is 0 Å². The molecule has 0 amide bonds. The van der Waals surface area contributed by atoms with Crippen LogP contribution in [-0.2, 0) is 10.3 Å². The fourth-order valence-electron chi connectivity index (χ4n) is 3.52. The van der Waals surface area contributed by atoms with Crippen LogP contribution < -0.4 is 4.74 Å². The minimum atomic E-state index is -0.761. The van der Waals surface area contributed by atoms with Gasteiger partial charge >= 0.3 is 5.97 Å². The second-order valence-corrected chi connectivity index (χ2v) is 8.56. The summed E-state index contributed by atoms with van der Waals surface area (Å²) in [5, 5.41) is 7.96. The van der Waals surface area contributed by atoms with Gasteiger partial charge in [0, 0.05) is 19.7 Å². The number of carbonyl (C=O) groups excluding carboxylic acids is 1. The number of carbonyl (C=O) groups is 1. The van der Waals surface area contributed by atoms with Crippen molar-refractivity contribution in [3.05, 3.63) is 56.2 Å². The Balaban J connectivity index is 1.95. The Bertz CT molecular complexity index is 1070. The first kappa shape index (κ1) is 19.3. The average molecular weight is 509 g/mol. The standard InChI is InChI=1S/C21H18ClIN2O3/c1-4-27-20(26)18-16-17(24-25-18)13-9-10-14(23)15(19(13)28-21(16,2)3)11-5-7-12(22)8-6-11/h5-10H,4H2,1-3H3,(H,24,25). The van der Waals surface area contributed by atoms with Gasteiger partial charge in [0.1, 0.15) is 11.4 Å². The molecule has 0 unspecified atom stereocenters. The van der Waals surface area contributed by atoms with E-state index in [1.165, 1.54) is 0 Å². The topological polar surface area (TPSA) is 64.2 Å². The molecule has 1 N–H and O–H groups in total. The van der Waals surface area contributed by atoms with Crippen LogP contribution in [0.25, 0.3) is 22.4 Å². The van der Waals surface area contributed by atoms with Crippen molar-refractivity contribution in [3.8, 4) is 28.1 Å². The van der Waals surface area contributed by atoms with Crippen LogP contribution in [-0.4, -0.2) is 22.8 Å². The van der Waals surface area contributed by atoms with E-state index in [2.05, 4.69) is 32.8 Å². The summed E-state index contributed by atoms with van der Waals surface area (Å²) in [6.07, 6.45) is 0. The van der Waals surface area contributed by atoms with Crippen molar-refractivity contribution in [2.45, 2.75) is 26.4 Å². The predicted molar refractivity (Wildman–Crippen MR) is 117 cm³/mol. The van der Waals surface area contributed by atoms with Crippen LogP contribution in [0.1, 0.15) is 36.8 Å². The molecule has 7 heteroatoms. The van der Waals surface area contributed by atoms with Crippen LogP contribution in [0.15, 0.2) is 36.4 Å². The second-order valence-electron chi connectivity index (χ2n) is 6.96. The summed E-state index contributed by atoms with van der Waals surface area (Å²) >= 11 is 8.37. The molecule has 1 aliphatic rings. The zero-order valence-corrected chi connectivity index (χ0v) is 18.5. The number of fused-ring (bicyclic) bond motifs is 3. The van der Waals surface area contributed by atoms with Gasteiger partial charge in [0.2, 0.25) is 0 Å². The Morgan fingerprint density at radius 1 is 1.25 bits per heavy atom. The third kappa shape index (κ3) is 3.08. The van der Waals surface area contributed by atoms with Crippen molar-refractivity contribution in [3.63, 3.8) is 0 Å². The van der Waals surface area contributed by atoms with E-state index in [0.29, 0.717) is 10.6 Å². The Labute approximate surface area is 181 Å². The molecule has 0 radical (unpaired) electrons. The number of halogens is 2. The molecule has 1 aromatic heterocycles. The highest BCUT2D eigenvalue weighted by molar-refractivity contribution is 14.1. The maximum absolute atomic E-state index is 12.4. The number of benzene rings is 2. The quantitative estimate of drug-likeness (QED) is 0.358. The lowest BCUT2D eigenvalue weighted by Gasteiger charge is -2.34. The third-order valence-corrected chi connectivity index (χ3v) is 5.85. The van der Waals surface area contributed by atoms with Crippen molar-refractivity contribution in [1.29, 1.82) is 0 Å². The molecule has 0 saturated heterocycles. The first-order valence-electron chi connectivity index (χ1n) is 8.87. The number of aromatic amines is 1. The lowest BCUT2D eigenvalue weighted by molar-refractivity contribution is 0.0500. The van der Waals surface area contributed by atoms with E-state index >= 15 is 0 Å². The van der Waals surface area contributed by atoms with Crippen molar-refractivity contribution in [2.75, 3.05) is 6.61 Å². The minimum Gasteiger partial charge on any atom is -0.482 e. The van der Waals surface area contributed by atoms with E-state index in [4.69, 9.17) is 21.1 Å². The largest absolute Gasteiger partial charge is 0.482 e. The molecular weight excluding hydrogens is 491 g/mol. The molecular formula is C21H18ClIN2O3. The van der Waals surface area contributed by atoms with Crippen molar-refractivity contribution in [1.82, 2.24) is 10.2 Å². The summed E-state index contributed by atoms with van der Waals surface area (Å²) in [6.45, 7) is 5.92. The number of H-pyrrole nitrogens is 1. The minimum absolute atomic E-state index is 0.263. The number of rotatable bonds is 3. The fraction of sp³-hybridized carbons (Fsp3) is 0.238. The molecule has 0 fully saturated rings. The Hall–Kier alpha value is -2.06. The van der Waals surface area contributed by atoms with Crippen LogP contribution in [0.5, 0.6) is 5.75 Å². The number of nitrogens with zero attached hydrogens (tertiary/aromatic N) is 1. The molecule has 4 rings (SSSR count). The summed E-state index contributed by atoms with van der Waals surface area (Å²) in [7, 11) is 0. The number of nitrogens with one attached hydrogen (secondary N) is 1. The maximum atomic E-state index is 12.4. The fourth-order valence-corrected chi connectivity index (χ4v) is 4.39. The van der Waals surface area contributed by atoms with Crippen LogP contribution in [0, 0.1) is 3.57 Å². The molecule has 2 aromatic carbocycles. The summed E-state index contributed by atoms with van der Waals surface area (Å²) < 4.78 is 12.7. The van der Waals surface area contributed by atoms with Crippen LogP contribution in [0.3, 0.4) is 0 Å². The Morgan fingerprint density at radius 2 is 1.96 bits per heavy atom. The number of hydrogen-bond acceptors (Lipinski definition) is 4.